The molecule has 1 unspecified atom stereocenters. The minimum Gasteiger partial charge on any atom is -0.496 e. The van der Waals surface area contributed by atoms with Crippen LogP contribution in [0.1, 0.15) is 24.8 Å². The maximum Gasteiger partial charge on any atom is 0.220 e. The predicted octanol–water partition coefficient (Wildman–Crippen LogP) is 2.24. The predicted molar refractivity (Wildman–Crippen MR) is 82.7 cm³/mol. The Morgan fingerprint density at radius 2 is 2.30 bits per heavy atom. The lowest BCUT2D eigenvalue weighted by Gasteiger charge is -2.11. The third-order valence-electron chi connectivity index (χ3n) is 3.62. The van der Waals surface area contributed by atoms with Crippen molar-refractivity contribution >= 4 is 21.8 Å². The van der Waals surface area contributed by atoms with Gasteiger partial charge in [-0.15, -0.1) is 0 Å². The standard InChI is InChI=1S/C15H21BrN2O2/c1-20-14-6-2-10(8-12(14)16)3-7-15(19)18-9-13(17)11-4-5-11/h2,6,8,11,13H,3-5,7,9,17H2,1H3,(H,18,19). The van der Waals surface area contributed by atoms with Crippen molar-refractivity contribution in [3.8, 4) is 5.75 Å². The summed E-state index contributed by atoms with van der Waals surface area (Å²) in [5.41, 5.74) is 7.06. The van der Waals surface area contributed by atoms with Crippen molar-refractivity contribution in [3.63, 3.8) is 0 Å². The van der Waals surface area contributed by atoms with Crippen molar-refractivity contribution in [3.05, 3.63) is 28.2 Å². The zero-order valence-electron chi connectivity index (χ0n) is 11.7. The van der Waals surface area contributed by atoms with Crippen LogP contribution in [0.5, 0.6) is 5.75 Å². The molecule has 4 nitrogen and oxygen atoms in total. The van der Waals surface area contributed by atoms with E-state index in [1.54, 1.807) is 7.11 Å². The number of nitrogens with two attached hydrogens (primary N) is 1. The summed E-state index contributed by atoms with van der Waals surface area (Å²) in [6.45, 7) is 0.593. The first-order valence-electron chi connectivity index (χ1n) is 6.95. The fraction of sp³-hybridized carbons (Fsp3) is 0.533. The molecule has 0 radical (unpaired) electrons. The van der Waals surface area contributed by atoms with E-state index in [2.05, 4.69) is 21.2 Å². The summed E-state index contributed by atoms with van der Waals surface area (Å²) in [6, 6.07) is 5.99. The van der Waals surface area contributed by atoms with E-state index in [1.807, 2.05) is 18.2 Å². The number of hydrogen-bond acceptors (Lipinski definition) is 3. The Kier molecular flexibility index (Phi) is 5.43. The van der Waals surface area contributed by atoms with Crippen LogP contribution in [0.3, 0.4) is 0 Å². The van der Waals surface area contributed by atoms with Crippen molar-refractivity contribution in [2.75, 3.05) is 13.7 Å². The Morgan fingerprint density at radius 3 is 2.90 bits per heavy atom. The molecule has 110 valence electrons. The second-order valence-electron chi connectivity index (χ2n) is 5.27. The average Bonchev–Trinajstić information content (AvgIpc) is 3.27. The molecule has 0 heterocycles. The maximum atomic E-state index is 11.8. The van der Waals surface area contributed by atoms with Gasteiger partial charge >= 0.3 is 0 Å². The molecule has 1 aromatic carbocycles. The van der Waals surface area contributed by atoms with Gasteiger partial charge in [-0.1, -0.05) is 6.07 Å². The van der Waals surface area contributed by atoms with Crippen LogP contribution < -0.4 is 15.8 Å². The van der Waals surface area contributed by atoms with Crippen molar-refractivity contribution < 1.29 is 9.53 Å². The number of carbonyl (C=O) groups is 1. The van der Waals surface area contributed by atoms with E-state index in [9.17, 15) is 4.79 Å². The third kappa shape index (κ3) is 4.49. The molecule has 1 fully saturated rings. The first-order chi connectivity index (χ1) is 9.60. The lowest BCUT2D eigenvalue weighted by molar-refractivity contribution is -0.121. The Morgan fingerprint density at radius 1 is 1.55 bits per heavy atom. The molecule has 0 spiro atoms. The smallest absolute Gasteiger partial charge is 0.220 e. The Balaban J connectivity index is 1.73. The summed E-state index contributed by atoms with van der Waals surface area (Å²) in [6.07, 6.45) is 3.61. The highest BCUT2D eigenvalue weighted by atomic mass is 79.9. The number of amides is 1. The van der Waals surface area contributed by atoms with Crippen molar-refractivity contribution in [2.24, 2.45) is 11.7 Å². The fourth-order valence-electron chi connectivity index (χ4n) is 2.13. The first kappa shape index (κ1) is 15.3. The lowest BCUT2D eigenvalue weighted by atomic mass is 10.1. The zero-order valence-corrected chi connectivity index (χ0v) is 13.3. The number of halogens is 1. The van der Waals surface area contributed by atoms with Gasteiger partial charge < -0.3 is 15.8 Å². The van der Waals surface area contributed by atoms with Crippen molar-refractivity contribution in [2.45, 2.75) is 31.7 Å². The van der Waals surface area contributed by atoms with Gasteiger partial charge in [-0.05, 0) is 58.8 Å². The highest BCUT2D eigenvalue weighted by molar-refractivity contribution is 9.10. The van der Waals surface area contributed by atoms with Crippen LogP contribution in [0.4, 0.5) is 0 Å². The van der Waals surface area contributed by atoms with Gasteiger partial charge in [0, 0.05) is 19.0 Å². The van der Waals surface area contributed by atoms with Gasteiger partial charge in [0.15, 0.2) is 0 Å². The van der Waals surface area contributed by atoms with Gasteiger partial charge in [-0.2, -0.15) is 0 Å². The first-order valence-corrected chi connectivity index (χ1v) is 7.74. The number of methoxy groups -OCH3 is 1. The van der Waals surface area contributed by atoms with Gasteiger partial charge in [-0.25, -0.2) is 0 Å². The SMILES string of the molecule is COc1ccc(CCC(=O)NCC(N)C2CC2)cc1Br. The number of rotatable bonds is 7. The van der Waals surface area contributed by atoms with E-state index in [-0.39, 0.29) is 11.9 Å². The van der Waals surface area contributed by atoms with E-state index in [4.69, 9.17) is 10.5 Å². The van der Waals surface area contributed by atoms with Crippen molar-refractivity contribution in [1.29, 1.82) is 0 Å². The van der Waals surface area contributed by atoms with Crippen LogP contribution in [0.15, 0.2) is 22.7 Å². The number of ether oxygens (including phenoxy) is 1. The number of hydrogen-bond donors (Lipinski definition) is 2. The van der Waals surface area contributed by atoms with E-state index in [1.165, 1.54) is 12.8 Å². The minimum absolute atomic E-state index is 0.0630. The summed E-state index contributed by atoms with van der Waals surface area (Å²) in [7, 11) is 1.64. The molecule has 0 aliphatic heterocycles. The van der Waals surface area contributed by atoms with Crippen LogP contribution in [-0.2, 0) is 11.2 Å². The molecule has 0 bridgehead atoms. The Bertz CT molecular complexity index is 475. The molecule has 1 atom stereocenters. The van der Waals surface area contributed by atoms with Crippen LogP contribution in [0, 0.1) is 5.92 Å². The molecule has 1 aliphatic carbocycles. The van der Waals surface area contributed by atoms with Gasteiger partial charge in [0.1, 0.15) is 5.75 Å². The number of carbonyl (C=O) groups excluding carboxylic acids is 1. The molecule has 5 heteroatoms. The Hall–Kier alpha value is -1.07. The minimum atomic E-state index is 0.0630. The number of aryl methyl sites for hydroxylation is 1. The summed E-state index contributed by atoms with van der Waals surface area (Å²) in [5, 5.41) is 2.91. The molecule has 3 N–H and O–H groups in total. The van der Waals surface area contributed by atoms with Gasteiger partial charge in [0.05, 0.1) is 11.6 Å². The monoisotopic (exact) mass is 340 g/mol. The van der Waals surface area contributed by atoms with E-state index < -0.39 is 0 Å². The molecule has 1 saturated carbocycles. The van der Waals surface area contributed by atoms with Crippen molar-refractivity contribution in [1.82, 2.24) is 5.32 Å². The normalized spacial score (nSPS) is 15.8. The van der Waals surface area contributed by atoms with E-state index >= 15 is 0 Å². The number of nitrogens with one attached hydrogen (secondary N) is 1. The second kappa shape index (κ2) is 7.09. The van der Waals surface area contributed by atoms with Crippen LogP contribution >= 0.6 is 15.9 Å². The van der Waals surface area contributed by atoms with Gasteiger partial charge in [0.25, 0.3) is 0 Å². The maximum absolute atomic E-state index is 11.8. The van der Waals surface area contributed by atoms with Crippen LogP contribution in [0.2, 0.25) is 0 Å². The fourth-order valence-corrected chi connectivity index (χ4v) is 2.72. The van der Waals surface area contributed by atoms with Gasteiger partial charge in [-0.3, -0.25) is 4.79 Å². The highest BCUT2D eigenvalue weighted by Gasteiger charge is 2.28. The topological polar surface area (TPSA) is 64.3 Å². The molecule has 0 aromatic heterocycles. The Labute approximate surface area is 128 Å². The van der Waals surface area contributed by atoms with Crippen LogP contribution in [-0.4, -0.2) is 25.6 Å². The quantitative estimate of drug-likeness (QED) is 0.800. The second-order valence-corrected chi connectivity index (χ2v) is 6.13. The van der Waals surface area contributed by atoms with E-state index in [0.29, 0.717) is 25.3 Å². The molecule has 1 amide bonds. The lowest BCUT2D eigenvalue weighted by Crippen LogP contribution is -2.38. The largest absolute Gasteiger partial charge is 0.496 e. The molecular formula is C15H21BrN2O2. The highest BCUT2D eigenvalue weighted by Crippen LogP contribution is 2.31. The molecule has 20 heavy (non-hydrogen) atoms. The van der Waals surface area contributed by atoms with Crippen LogP contribution in [0.25, 0.3) is 0 Å². The molecule has 1 aromatic rings. The summed E-state index contributed by atoms with van der Waals surface area (Å²) < 4.78 is 6.09. The van der Waals surface area contributed by atoms with E-state index in [0.717, 1.165) is 15.8 Å². The average molecular weight is 341 g/mol. The molecule has 0 saturated heterocycles. The summed E-state index contributed by atoms with van der Waals surface area (Å²) in [5.74, 6) is 1.48. The molecule has 1 aliphatic rings. The third-order valence-corrected chi connectivity index (χ3v) is 4.24. The zero-order chi connectivity index (χ0) is 14.5. The van der Waals surface area contributed by atoms with Gasteiger partial charge in [0.2, 0.25) is 5.91 Å². The summed E-state index contributed by atoms with van der Waals surface area (Å²) >= 11 is 3.44. The number of benzene rings is 1. The molecule has 2 rings (SSSR count). The molecular weight excluding hydrogens is 320 g/mol. The summed E-state index contributed by atoms with van der Waals surface area (Å²) in [4.78, 5) is 11.8.